The van der Waals surface area contributed by atoms with E-state index in [4.69, 9.17) is 15.0 Å². The van der Waals surface area contributed by atoms with Crippen molar-refractivity contribution < 1.29 is 0 Å². The molecule has 2 aliphatic carbocycles. The third-order valence-corrected chi connectivity index (χ3v) is 12.9. The Labute approximate surface area is 347 Å². The zero-order chi connectivity index (χ0) is 39.9. The molecule has 59 heavy (non-hydrogen) atoms. The number of aromatic nitrogens is 3. The summed E-state index contributed by atoms with van der Waals surface area (Å²) < 4.78 is 0. The summed E-state index contributed by atoms with van der Waals surface area (Å²) in [5.74, 6) is 4.31. The molecule has 10 rings (SSSR count). The van der Waals surface area contributed by atoms with E-state index in [1.807, 2.05) is 42.5 Å². The SMILES string of the molecule is C[C@@H]1C[C@@H]2C[C@H](C)CC(c3ccc(-c4cc(-c5ccccc5)cc(-c5nc(-c6ccccc6)nc(-c6ccc7cc(-c8ccc(C#N)cc8)ccc7c6)n5)c4)cc3)(C1)C2. The quantitative estimate of drug-likeness (QED) is 0.162. The molecule has 0 amide bonds. The van der Waals surface area contributed by atoms with E-state index in [2.05, 4.69) is 141 Å². The monoisotopic (exact) mass is 762 g/mol. The Morgan fingerprint density at radius 3 is 1.51 bits per heavy atom. The standard InChI is InChI=1S/C55H46N4/c1-36-25-39-26-37(2)33-55(32-36,34-39)51-23-21-42(22-24-51)49-29-48(40-9-5-3-6-10-40)30-50(31-49)54-58-52(43-11-7-4-8-12-43)57-53(59-54)47-20-19-45-27-44(17-18-46(45)28-47)41-15-13-38(35-56)14-16-41/h3-24,27-31,36-37,39H,25-26,32-34H2,1-2H3/t36-,37+,39-,55?. The molecule has 0 N–H and O–H groups in total. The molecular weight excluding hydrogens is 717 g/mol. The number of fused-ring (bicyclic) bond motifs is 3. The fourth-order valence-corrected chi connectivity index (χ4v) is 10.4. The summed E-state index contributed by atoms with van der Waals surface area (Å²) in [6.45, 7) is 4.93. The van der Waals surface area contributed by atoms with Crippen molar-refractivity contribution >= 4 is 10.8 Å². The van der Waals surface area contributed by atoms with E-state index < -0.39 is 0 Å². The Morgan fingerprint density at radius 1 is 0.441 bits per heavy atom. The molecule has 2 aliphatic rings. The van der Waals surface area contributed by atoms with Gasteiger partial charge in [0.15, 0.2) is 17.5 Å². The third-order valence-electron chi connectivity index (χ3n) is 12.9. The third kappa shape index (κ3) is 7.34. The largest absolute Gasteiger partial charge is 0.208 e. The highest BCUT2D eigenvalue weighted by molar-refractivity contribution is 5.90. The summed E-state index contributed by atoms with van der Waals surface area (Å²) in [6, 6.07) is 60.0. The molecule has 1 aromatic heterocycles. The van der Waals surface area contributed by atoms with Crippen molar-refractivity contribution in [2.75, 3.05) is 0 Å². The second kappa shape index (κ2) is 15.2. The van der Waals surface area contributed by atoms with E-state index in [9.17, 15) is 5.26 Å². The van der Waals surface area contributed by atoms with Gasteiger partial charge in [-0.15, -0.1) is 0 Å². The molecule has 2 bridgehead atoms. The van der Waals surface area contributed by atoms with Crippen LogP contribution in [0, 0.1) is 29.1 Å². The molecule has 0 saturated heterocycles. The zero-order valence-corrected chi connectivity index (χ0v) is 33.6. The van der Waals surface area contributed by atoms with Crippen LogP contribution in [-0.4, -0.2) is 15.0 Å². The van der Waals surface area contributed by atoms with Crippen molar-refractivity contribution in [1.82, 2.24) is 15.0 Å². The molecule has 4 nitrogen and oxygen atoms in total. The van der Waals surface area contributed by atoms with Gasteiger partial charge in [-0.05, 0) is 147 Å². The van der Waals surface area contributed by atoms with Crippen LogP contribution in [-0.2, 0) is 5.41 Å². The summed E-state index contributed by atoms with van der Waals surface area (Å²) >= 11 is 0. The maximum absolute atomic E-state index is 9.26. The van der Waals surface area contributed by atoms with E-state index >= 15 is 0 Å². The Hall–Kier alpha value is -6.70. The molecule has 7 aromatic carbocycles. The Morgan fingerprint density at radius 2 is 0.898 bits per heavy atom. The minimum Gasteiger partial charge on any atom is -0.208 e. The Balaban J connectivity index is 1.07. The minimum absolute atomic E-state index is 0.292. The smallest absolute Gasteiger partial charge is 0.164 e. The second-order valence-corrected chi connectivity index (χ2v) is 17.3. The van der Waals surface area contributed by atoms with Crippen LogP contribution >= 0.6 is 0 Å². The number of hydrogen-bond donors (Lipinski definition) is 0. The van der Waals surface area contributed by atoms with E-state index in [-0.39, 0.29) is 0 Å². The molecule has 4 atom stereocenters. The summed E-state index contributed by atoms with van der Waals surface area (Å²) in [7, 11) is 0. The molecule has 4 heteroatoms. The van der Waals surface area contributed by atoms with E-state index in [0.29, 0.717) is 28.5 Å². The molecule has 2 saturated carbocycles. The van der Waals surface area contributed by atoms with Gasteiger partial charge >= 0.3 is 0 Å². The van der Waals surface area contributed by atoms with Crippen LogP contribution in [0.3, 0.4) is 0 Å². The summed E-state index contributed by atoms with van der Waals surface area (Å²) in [5.41, 5.74) is 12.1. The lowest BCUT2D eigenvalue weighted by Crippen LogP contribution is -2.42. The van der Waals surface area contributed by atoms with Gasteiger partial charge in [0.25, 0.3) is 0 Å². The van der Waals surface area contributed by atoms with Gasteiger partial charge in [-0.1, -0.05) is 135 Å². The van der Waals surface area contributed by atoms with Crippen LogP contribution in [0.4, 0.5) is 0 Å². The highest BCUT2D eigenvalue weighted by Gasteiger charge is 2.45. The molecule has 0 radical (unpaired) electrons. The van der Waals surface area contributed by atoms with Gasteiger partial charge in [0.05, 0.1) is 11.6 Å². The van der Waals surface area contributed by atoms with Gasteiger partial charge in [0.2, 0.25) is 0 Å². The highest BCUT2D eigenvalue weighted by atomic mass is 15.0. The van der Waals surface area contributed by atoms with Crippen molar-refractivity contribution in [3.8, 4) is 73.6 Å². The lowest BCUT2D eigenvalue weighted by molar-refractivity contribution is 0.0780. The number of rotatable bonds is 7. The number of hydrogen-bond acceptors (Lipinski definition) is 4. The average Bonchev–Trinajstić information content (AvgIpc) is 3.28. The van der Waals surface area contributed by atoms with Crippen molar-refractivity contribution in [3.05, 3.63) is 175 Å². The first kappa shape index (κ1) is 36.6. The maximum Gasteiger partial charge on any atom is 0.164 e. The van der Waals surface area contributed by atoms with Crippen molar-refractivity contribution in [2.45, 2.75) is 51.4 Å². The zero-order valence-electron chi connectivity index (χ0n) is 33.6. The van der Waals surface area contributed by atoms with E-state index in [1.54, 1.807) is 0 Å². The van der Waals surface area contributed by atoms with Gasteiger partial charge in [-0.3, -0.25) is 0 Å². The Bertz CT molecular complexity index is 2820. The molecule has 1 heterocycles. The number of benzene rings is 7. The predicted octanol–water partition coefficient (Wildman–Crippen LogP) is 14.0. The minimum atomic E-state index is 0.292. The molecule has 8 aromatic rings. The van der Waals surface area contributed by atoms with Gasteiger partial charge in [-0.2, -0.15) is 5.26 Å². The van der Waals surface area contributed by atoms with Crippen LogP contribution < -0.4 is 0 Å². The van der Waals surface area contributed by atoms with Gasteiger partial charge < -0.3 is 0 Å². The molecule has 1 unspecified atom stereocenters. The van der Waals surface area contributed by atoms with Crippen LogP contribution in [0.15, 0.2) is 164 Å². The first-order chi connectivity index (χ1) is 28.9. The van der Waals surface area contributed by atoms with Gasteiger partial charge in [0, 0.05) is 16.7 Å². The lowest BCUT2D eigenvalue weighted by atomic mass is 9.54. The fourth-order valence-electron chi connectivity index (χ4n) is 10.4. The Kier molecular flexibility index (Phi) is 9.46. The topological polar surface area (TPSA) is 62.5 Å². The molecule has 286 valence electrons. The van der Waals surface area contributed by atoms with Crippen molar-refractivity contribution in [1.29, 1.82) is 5.26 Å². The van der Waals surface area contributed by atoms with Crippen LogP contribution in [0.2, 0.25) is 0 Å². The molecule has 0 spiro atoms. The highest BCUT2D eigenvalue weighted by Crippen LogP contribution is 2.54. The van der Waals surface area contributed by atoms with E-state index in [0.717, 1.165) is 73.0 Å². The number of nitrogens with zero attached hydrogens (tertiary/aromatic N) is 4. The summed E-state index contributed by atoms with van der Waals surface area (Å²) in [6.07, 6.45) is 6.68. The fraction of sp³-hybridized carbons (Fsp3) is 0.200. The van der Waals surface area contributed by atoms with Gasteiger partial charge in [0.1, 0.15) is 0 Å². The summed E-state index contributed by atoms with van der Waals surface area (Å²) in [5, 5.41) is 11.5. The maximum atomic E-state index is 9.26. The second-order valence-electron chi connectivity index (χ2n) is 17.3. The van der Waals surface area contributed by atoms with Crippen LogP contribution in [0.25, 0.3) is 78.3 Å². The molecular formula is C55H46N4. The molecule has 2 fully saturated rings. The summed E-state index contributed by atoms with van der Waals surface area (Å²) in [4.78, 5) is 15.5. The molecule has 0 aliphatic heterocycles. The number of nitriles is 1. The first-order valence-electron chi connectivity index (χ1n) is 21.1. The van der Waals surface area contributed by atoms with Crippen molar-refractivity contribution in [2.24, 2.45) is 17.8 Å². The van der Waals surface area contributed by atoms with Crippen LogP contribution in [0.5, 0.6) is 0 Å². The van der Waals surface area contributed by atoms with Gasteiger partial charge in [-0.25, -0.2) is 15.0 Å². The average molecular weight is 763 g/mol. The van der Waals surface area contributed by atoms with Crippen LogP contribution in [0.1, 0.15) is 57.1 Å². The lowest BCUT2D eigenvalue weighted by Gasteiger charge is -2.50. The van der Waals surface area contributed by atoms with E-state index in [1.165, 1.54) is 43.2 Å². The first-order valence-corrected chi connectivity index (χ1v) is 21.1. The van der Waals surface area contributed by atoms with Crippen molar-refractivity contribution in [3.63, 3.8) is 0 Å². The normalized spacial score (nSPS) is 19.9. The predicted molar refractivity (Wildman–Crippen MR) is 241 cm³/mol.